The third kappa shape index (κ3) is 4.66. The number of halogens is 1. The third-order valence-electron chi connectivity index (χ3n) is 5.53. The van der Waals surface area contributed by atoms with Crippen molar-refractivity contribution in [3.63, 3.8) is 0 Å². The Bertz CT molecular complexity index is 956. The summed E-state index contributed by atoms with van der Waals surface area (Å²) >= 11 is 0. The highest BCUT2D eigenvalue weighted by molar-refractivity contribution is 5.91. The number of rotatable bonds is 5. The first-order valence-corrected chi connectivity index (χ1v) is 10.3. The molecular formula is C26H25FN2O. The van der Waals surface area contributed by atoms with Crippen LogP contribution in [-0.4, -0.2) is 41.9 Å². The topological polar surface area (TPSA) is 23.6 Å². The summed E-state index contributed by atoms with van der Waals surface area (Å²) in [6.45, 7) is 2.87. The maximum Gasteiger partial charge on any atom is 0.246 e. The van der Waals surface area contributed by atoms with Crippen LogP contribution in [0.25, 0.3) is 6.08 Å². The Morgan fingerprint density at radius 3 is 1.87 bits per heavy atom. The Morgan fingerprint density at radius 1 is 0.767 bits per heavy atom. The van der Waals surface area contributed by atoms with Crippen molar-refractivity contribution in [3.05, 3.63) is 114 Å². The lowest BCUT2D eigenvalue weighted by atomic mass is 9.96. The van der Waals surface area contributed by atoms with Crippen LogP contribution in [0.2, 0.25) is 0 Å². The summed E-state index contributed by atoms with van der Waals surface area (Å²) in [5, 5.41) is 0. The highest BCUT2D eigenvalue weighted by atomic mass is 19.1. The van der Waals surface area contributed by atoms with Gasteiger partial charge in [0, 0.05) is 37.8 Å². The monoisotopic (exact) mass is 400 g/mol. The number of carbonyl (C=O) groups excluding carboxylic acids is 1. The highest BCUT2D eigenvalue weighted by Gasteiger charge is 2.27. The maximum absolute atomic E-state index is 13.8. The average molecular weight is 400 g/mol. The Morgan fingerprint density at radius 2 is 1.30 bits per heavy atom. The molecule has 1 aliphatic heterocycles. The van der Waals surface area contributed by atoms with Crippen LogP contribution in [0.3, 0.4) is 0 Å². The Labute approximate surface area is 177 Å². The minimum atomic E-state index is -0.320. The number of carbonyl (C=O) groups is 1. The molecule has 0 bridgehead atoms. The molecule has 3 nitrogen and oxygen atoms in total. The van der Waals surface area contributed by atoms with Gasteiger partial charge in [0.2, 0.25) is 5.91 Å². The van der Waals surface area contributed by atoms with Gasteiger partial charge in [0.05, 0.1) is 6.04 Å². The van der Waals surface area contributed by atoms with Crippen LogP contribution < -0.4 is 0 Å². The maximum atomic E-state index is 13.8. The van der Waals surface area contributed by atoms with E-state index >= 15 is 0 Å². The molecule has 30 heavy (non-hydrogen) atoms. The van der Waals surface area contributed by atoms with Crippen molar-refractivity contribution < 1.29 is 9.18 Å². The second-order valence-electron chi connectivity index (χ2n) is 7.44. The third-order valence-corrected chi connectivity index (χ3v) is 5.53. The van der Waals surface area contributed by atoms with Crippen LogP contribution in [0.4, 0.5) is 4.39 Å². The number of hydrogen-bond acceptors (Lipinski definition) is 2. The van der Waals surface area contributed by atoms with E-state index in [0.717, 1.165) is 13.1 Å². The molecule has 4 rings (SSSR count). The molecule has 0 N–H and O–H groups in total. The fourth-order valence-electron chi connectivity index (χ4n) is 3.96. The van der Waals surface area contributed by atoms with Crippen molar-refractivity contribution in [1.29, 1.82) is 0 Å². The lowest BCUT2D eigenvalue weighted by Crippen LogP contribution is -2.49. The highest BCUT2D eigenvalue weighted by Crippen LogP contribution is 2.29. The standard InChI is InChI=1S/C26H25FN2O/c27-24-14-8-7-9-21(24)15-16-25(30)28-17-19-29(20-18-28)26(22-10-3-1-4-11-22)23-12-5-2-6-13-23/h1-16,26H,17-20H2. The van der Waals surface area contributed by atoms with Gasteiger partial charge in [-0.05, 0) is 23.3 Å². The van der Waals surface area contributed by atoms with Crippen molar-refractivity contribution in [1.82, 2.24) is 9.80 Å². The first kappa shape index (κ1) is 20.0. The van der Waals surface area contributed by atoms with Crippen molar-refractivity contribution in [2.45, 2.75) is 6.04 Å². The van der Waals surface area contributed by atoms with Gasteiger partial charge in [-0.25, -0.2) is 4.39 Å². The van der Waals surface area contributed by atoms with Crippen molar-refractivity contribution in [2.24, 2.45) is 0 Å². The molecule has 0 aliphatic carbocycles. The number of amides is 1. The number of hydrogen-bond donors (Lipinski definition) is 0. The zero-order chi connectivity index (χ0) is 20.8. The minimum absolute atomic E-state index is 0.0751. The van der Waals surface area contributed by atoms with Gasteiger partial charge < -0.3 is 4.90 Å². The van der Waals surface area contributed by atoms with Crippen LogP contribution in [0.15, 0.2) is 91.0 Å². The summed E-state index contributed by atoms with van der Waals surface area (Å²) in [6.07, 6.45) is 3.03. The van der Waals surface area contributed by atoms with Crippen molar-refractivity contribution in [2.75, 3.05) is 26.2 Å². The van der Waals surface area contributed by atoms with Crippen molar-refractivity contribution in [3.8, 4) is 0 Å². The van der Waals surface area contributed by atoms with Crippen LogP contribution in [0.5, 0.6) is 0 Å². The lowest BCUT2D eigenvalue weighted by molar-refractivity contribution is -0.127. The molecule has 0 spiro atoms. The second kappa shape index (κ2) is 9.51. The van der Waals surface area contributed by atoms with E-state index in [-0.39, 0.29) is 17.8 Å². The van der Waals surface area contributed by atoms with Gasteiger partial charge in [-0.15, -0.1) is 0 Å². The zero-order valence-electron chi connectivity index (χ0n) is 16.8. The zero-order valence-corrected chi connectivity index (χ0v) is 16.8. The van der Waals surface area contributed by atoms with Gasteiger partial charge >= 0.3 is 0 Å². The smallest absolute Gasteiger partial charge is 0.246 e. The molecule has 0 radical (unpaired) electrons. The van der Waals surface area contributed by atoms with Gasteiger partial charge in [0.1, 0.15) is 5.82 Å². The second-order valence-corrected chi connectivity index (χ2v) is 7.44. The normalized spacial score (nSPS) is 15.1. The molecule has 1 heterocycles. The Kier molecular flexibility index (Phi) is 6.35. The molecule has 1 saturated heterocycles. The van der Waals surface area contributed by atoms with E-state index in [1.807, 2.05) is 17.0 Å². The van der Waals surface area contributed by atoms with Gasteiger partial charge in [-0.2, -0.15) is 0 Å². The molecule has 3 aromatic carbocycles. The van der Waals surface area contributed by atoms with E-state index in [1.54, 1.807) is 24.3 Å². The number of piperazine rings is 1. The summed E-state index contributed by atoms with van der Waals surface area (Å²) in [6, 6.07) is 27.6. The quantitative estimate of drug-likeness (QED) is 0.576. The van der Waals surface area contributed by atoms with E-state index in [9.17, 15) is 9.18 Å². The first-order chi connectivity index (χ1) is 14.7. The molecule has 1 fully saturated rings. The number of nitrogens with zero attached hydrogens (tertiary/aromatic N) is 2. The van der Waals surface area contributed by atoms with Crippen LogP contribution in [-0.2, 0) is 4.79 Å². The summed E-state index contributed by atoms with van der Waals surface area (Å²) in [5.41, 5.74) is 2.93. The van der Waals surface area contributed by atoms with Crippen LogP contribution >= 0.6 is 0 Å². The first-order valence-electron chi connectivity index (χ1n) is 10.3. The molecule has 4 heteroatoms. The van der Waals surface area contributed by atoms with E-state index in [0.29, 0.717) is 18.7 Å². The fourth-order valence-corrected chi connectivity index (χ4v) is 3.96. The van der Waals surface area contributed by atoms with Crippen LogP contribution in [0, 0.1) is 5.82 Å². The molecule has 0 unspecified atom stereocenters. The van der Waals surface area contributed by atoms with Gasteiger partial charge in [0.15, 0.2) is 0 Å². The number of benzene rings is 3. The molecule has 0 saturated carbocycles. The molecule has 1 aliphatic rings. The minimum Gasteiger partial charge on any atom is -0.337 e. The van der Waals surface area contributed by atoms with Crippen molar-refractivity contribution >= 4 is 12.0 Å². The van der Waals surface area contributed by atoms with Gasteiger partial charge in [0.25, 0.3) is 0 Å². The summed E-state index contributed by atoms with van der Waals surface area (Å²) in [4.78, 5) is 16.9. The van der Waals surface area contributed by atoms with E-state index in [4.69, 9.17) is 0 Å². The molecule has 1 amide bonds. The molecule has 0 atom stereocenters. The van der Waals surface area contributed by atoms with Crippen LogP contribution in [0.1, 0.15) is 22.7 Å². The molecular weight excluding hydrogens is 375 g/mol. The molecule has 3 aromatic rings. The Hall–Kier alpha value is -3.24. The van der Waals surface area contributed by atoms with E-state index in [2.05, 4.69) is 53.4 Å². The average Bonchev–Trinajstić information content (AvgIpc) is 2.80. The predicted octanol–water partition coefficient (Wildman–Crippen LogP) is 4.77. The van der Waals surface area contributed by atoms with Gasteiger partial charge in [-0.3, -0.25) is 9.69 Å². The summed E-state index contributed by atoms with van der Waals surface area (Å²) < 4.78 is 13.8. The summed E-state index contributed by atoms with van der Waals surface area (Å²) in [5.74, 6) is -0.395. The lowest BCUT2D eigenvalue weighted by Gasteiger charge is -2.39. The predicted molar refractivity (Wildman–Crippen MR) is 118 cm³/mol. The SMILES string of the molecule is O=C(C=Cc1ccccc1F)N1CCN(C(c2ccccc2)c2ccccc2)CC1. The largest absolute Gasteiger partial charge is 0.337 e. The Balaban J connectivity index is 1.44. The van der Waals surface area contributed by atoms with E-state index < -0.39 is 0 Å². The summed E-state index contributed by atoms with van der Waals surface area (Å²) in [7, 11) is 0. The van der Waals surface area contributed by atoms with Gasteiger partial charge in [-0.1, -0.05) is 78.9 Å². The molecule has 0 aromatic heterocycles. The molecule has 152 valence electrons. The fraction of sp³-hybridized carbons (Fsp3) is 0.192. The van der Waals surface area contributed by atoms with E-state index in [1.165, 1.54) is 23.3 Å².